The van der Waals surface area contributed by atoms with Crippen molar-refractivity contribution in [3.63, 3.8) is 0 Å². The van der Waals surface area contributed by atoms with Crippen LogP contribution in [0.25, 0.3) is 0 Å². The van der Waals surface area contributed by atoms with Crippen LogP contribution in [0.2, 0.25) is 0 Å². The molecule has 76 valence electrons. The summed E-state index contributed by atoms with van der Waals surface area (Å²) in [6.07, 6.45) is -2.87. The normalized spacial score (nSPS) is 10.6. The maximum Gasteiger partial charge on any atom is 0.281 e. The molecule has 2 N–H and O–H groups in total. The van der Waals surface area contributed by atoms with E-state index < -0.39 is 17.4 Å². The smallest absolute Gasteiger partial charge is 0.281 e. The molecular formula is C8H7ClF2N2O. The van der Waals surface area contributed by atoms with E-state index in [1.807, 2.05) is 0 Å². The molecule has 0 unspecified atom stereocenters. The highest BCUT2D eigenvalue weighted by Gasteiger charge is 2.20. The first-order chi connectivity index (χ1) is 6.43. The van der Waals surface area contributed by atoms with Crippen LogP contribution in [-0.4, -0.2) is 10.2 Å². The second kappa shape index (κ2) is 3.88. The molecule has 0 aromatic carbocycles. The summed E-state index contributed by atoms with van der Waals surface area (Å²) in [6.45, 7) is 1.56. The van der Waals surface area contributed by atoms with Crippen molar-refractivity contribution in [3.05, 3.63) is 22.9 Å². The number of pyridine rings is 1. The minimum atomic E-state index is -2.87. The van der Waals surface area contributed by atoms with Gasteiger partial charge < -0.3 is 5.73 Å². The molecule has 0 aliphatic carbocycles. The average Bonchev–Trinajstić information content (AvgIpc) is 2.08. The van der Waals surface area contributed by atoms with Crippen molar-refractivity contribution in [2.75, 3.05) is 5.73 Å². The molecule has 0 aliphatic heterocycles. The maximum atomic E-state index is 12.4. The summed E-state index contributed by atoms with van der Waals surface area (Å²) in [5, 5.41) is -0.962. The lowest BCUT2D eigenvalue weighted by Crippen LogP contribution is -2.06. The Bertz CT molecular complexity index is 382. The average molecular weight is 221 g/mol. The van der Waals surface area contributed by atoms with Gasteiger partial charge >= 0.3 is 0 Å². The molecule has 1 aromatic rings. The molecule has 0 spiro atoms. The molecule has 1 rings (SSSR count). The zero-order valence-corrected chi connectivity index (χ0v) is 7.98. The Labute approximate surface area is 83.9 Å². The van der Waals surface area contributed by atoms with Gasteiger partial charge in [0.1, 0.15) is 11.5 Å². The molecule has 0 radical (unpaired) electrons. The van der Waals surface area contributed by atoms with Crippen LogP contribution < -0.4 is 5.73 Å². The number of carbonyl (C=O) groups excluding carboxylic acids is 1. The summed E-state index contributed by atoms with van der Waals surface area (Å²) in [5.41, 5.74) is 4.80. The lowest BCUT2D eigenvalue weighted by Gasteiger charge is -2.07. The van der Waals surface area contributed by atoms with Crippen molar-refractivity contribution in [2.24, 2.45) is 0 Å². The molecule has 1 aromatic heterocycles. The van der Waals surface area contributed by atoms with Gasteiger partial charge in [0.05, 0.1) is 5.56 Å². The van der Waals surface area contributed by atoms with Crippen LogP contribution in [0.3, 0.4) is 0 Å². The van der Waals surface area contributed by atoms with E-state index in [9.17, 15) is 13.6 Å². The Morgan fingerprint density at radius 2 is 2.21 bits per heavy atom. The number of nitrogens with zero attached hydrogens (tertiary/aromatic N) is 1. The van der Waals surface area contributed by atoms with Crippen molar-refractivity contribution in [1.29, 1.82) is 0 Å². The highest BCUT2D eigenvalue weighted by Crippen LogP contribution is 2.25. The molecule has 3 nitrogen and oxygen atoms in total. The monoisotopic (exact) mass is 220 g/mol. The third kappa shape index (κ3) is 1.98. The molecule has 0 saturated heterocycles. The predicted octanol–water partition coefficient (Wildman–Crippen LogP) is 2.29. The molecule has 14 heavy (non-hydrogen) atoms. The largest absolute Gasteiger partial charge is 0.383 e. The summed E-state index contributed by atoms with van der Waals surface area (Å²) in [6, 6.07) is 1.21. The highest BCUT2D eigenvalue weighted by molar-refractivity contribution is 6.67. The van der Waals surface area contributed by atoms with Crippen LogP contribution in [0, 0.1) is 6.92 Å². The van der Waals surface area contributed by atoms with Gasteiger partial charge in [-0.3, -0.25) is 4.79 Å². The predicted molar refractivity (Wildman–Crippen MR) is 48.5 cm³/mol. The quantitative estimate of drug-likeness (QED) is 0.778. The molecule has 0 amide bonds. The molecule has 6 heteroatoms. The van der Waals surface area contributed by atoms with Gasteiger partial charge in [-0.05, 0) is 30.2 Å². The van der Waals surface area contributed by atoms with Crippen molar-refractivity contribution in [2.45, 2.75) is 13.3 Å². The lowest BCUT2D eigenvalue weighted by molar-refractivity contribution is 0.106. The molecule has 0 saturated carbocycles. The molecular weight excluding hydrogens is 214 g/mol. The first-order valence-electron chi connectivity index (χ1n) is 3.68. The van der Waals surface area contributed by atoms with Gasteiger partial charge in [0.2, 0.25) is 0 Å². The van der Waals surface area contributed by atoms with Crippen molar-refractivity contribution >= 4 is 22.7 Å². The molecule has 0 fully saturated rings. The fourth-order valence-electron chi connectivity index (χ4n) is 0.966. The summed E-state index contributed by atoms with van der Waals surface area (Å²) in [7, 11) is 0. The Morgan fingerprint density at radius 3 is 2.64 bits per heavy atom. The van der Waals surface area contributed by atoms with E-state index in [1.54, 1.807) is 6.92 Å². The fraction of sp³-hybridized carbons (Fsp3) is 0.250. The molecule has 0 bridgehead atoms. The van der Waals surface area contributed by atoms with Crippen LogP contribution in [0.15, 0.2) is 6.07 Å². The first kappa shape index (κ1) is 10.8. The van der Waals surface area contributed by atoms with E-state index in [2.05, 4.69) is 4.98 Å². The number of halogens is 3. The number of anilines is 1. The molecule has 1 heterocycles. The number of nitrogens with two attached hydrogens (primary N) is 1. The maximum absolute atomic E-state index is 12.4. The number of aryl methyl sites for hydroxylation is 1. The van der Waals surface area contributed by atoms with Crippen LogP contribution >= 0.6 is 11.6 Å². The first-order valence-corrected chi connectivity index (χ1v) is 4.06. The van der Waals surface area contributed by atoms with Gasteiger partial charge in [-0.1, -0.05) is 0 Å². The molecule has 0 atom stereocenters. The third-order valence-electron chi connectivity index (χ3n) is 1.70. The van der Waals surface area contributed by atoms with E-state index in [0.717, 1.165) is 0 Å². The van der Waals surface area contributed by atoms with Crippen LogP contribution in [-0.2, 0) is 0 Å². The minimum absolute atomic E-state index is 0.0260. The number of rotatable bonds is 2. The van der Waals surface area contributed by atoms with E-state index in [1.165, 1.54) is 6.07 Å². The number of nitrogen functional groups attached to an aromatic ring is 1. The van der Waals surface area contributed by atoms with Gasteiger partial charge in [-0.25, -0.2) is 13.8 Å². The lowest BCUT2D eigenvalue weighted by atomic mass is 10.1. The Morgan fingerprint density at radius 1 is 1.64 bits per heavy atom. The van der Waals surface area contributed by atoms with Gasteiger partial charge in [0, 0.05) is 0 Å². The zero-order chi connectivity index (χ0) is 10.9. The summed E-state index contributed by atoms with van der Waals surface area (Å²) in [5.74, 6) is -0.0260. The van der Waals surface area contributed by atoms with Gasteiger partial charge in [-0.15, -0.1) is 0 Å². The topological polar surface area (TPSA) is 56.0 Å². The summed E-state index contributed by atoms with van der Waals surface area (Å²) >= 11 is 5.12. The van der Waals surface area contributed by atoms with Crippen molar-refractivity contribution in [1.82, 2.24) is 4.98 Å². The van der Waals surface area contributed by atoms with Crippen LogP contribution in [0.5, 0.6) is 0 Å². The summed E-state index contributed by atoms with van der Waals surface area (Å²) in [4.78, 5) is 14.2. The number of aromatic nitrogens is 1. The third-order valence-corrected chi connectivity index (χ3v) is 1.90. The number of alkyl halides is 2. The van der Waals surface area contributed by atoms with Crippen LogP contribution in [0.4, 0.5) is 14.6 Å². The Balaban J connectivity index is 3.39. The number of carbonyl (C=O) groups is 1. The SMILES string of the molecule is Cc1cc(C(=O)Cl)c(C(F)F)nc1N. The Hall–Kier alpha value is -1.23. The van der Waals surface area contributed by atoms with E-state index in [-0.39, 0.29) is 11.4 Å². The van der Waals surface area contributed by atoms with Crippen molar-refractivity contribution < 1.29 is 13.6 Å². The van der Waals surface area contributed by atoms with E-state index in [4.69, 9.17) is 17.3 Å². The Kier molecular flexibility index (Phi) is 3.00. The fourth-order valence-corrected chi connectivity index (χ4v) is 1.12. The highest BCUT2D eigenvalue weighted by atomic mass is 35.5. The second-order valence-corrected chi connectivity index (χ2v) is 3.04. The zero-order valence-electron chi connectivity index (χ0n) is 7.22. The number of hydrogen-bond donors (Lipinski definition) is 1. The standard InChI is InChI=1S/C8H7ClF2N2O/c1-3-2-4(6(9)14)5(7(10)11)13-8(3)12/h2,7H,1H3,(H2,12,13). The van der Waals surface area contributed by atoms with Crippen LogP contribution in [0.1, 0.15) is 28.0 Å². The van der Waals surface area contributed by atoms with E-state index in [0.29, 0.717) is 5.56 Å². The van der Waals surface area contributed by atoms with Crippen molar-refractivity contribution in [3.8, 4) is 0 Å². The number of hydrogen-bond acceptors (Lipinski definition) is 3. The minimum Gasteiger partial charge on any atom is -0.383 e. The van der Waals surface area contributed by atoms with Gasteiger partial charge in [-0.2, -0.15) is 0 Å². The second-order valence-electron chi connectivity index (χ2n) is 2.70. The van der Waals surface area contributed by atoms with Gasteiger partial charge in [0.25, 0.3) is 11.7 Å². The molecule has 0 aliphatic rings. The summed E-state index contributed by atoms with van der Waals surface area (Å²) < 4.78 is 24.7. The van der Waals surface area contributed by atoms with E-state index >= 15 is 0 Å². The van der Waals surface area contributed by atoms with Gasteiger partial charge in [0.15, 0.2) is 0 Å².